The molecule has 1 saturated carbocycles. The van der Waals surface area contributed by atoms with Gasteiger partial charge in [-0.15, -0.1) is 0 Å². The molecule has 0 heterocycles. The third-order valence-electron chi connectivity index (χ3n) is 4.31. The zero-order valence-corrected chi connectivity index (χ0v) is 15.2. The number of carbonyl (C=O) groups is 2. The highest BCUT2D eigenvalue weighted by Crippen LogP contribution is 2.15. The van der Waals surface area contributed by atoms with Crippen LogP contribution < -0.4 is 20.9 Å². The molecule has 0 saturated heterocycles. The summed E-state index contributed by atoms with van der Waals surface area (Å²) in [5.74, 6) is -0.0698. The molecule has 2 rings (SSSR count). The second-order valence-electron chi connectivity index (χ2n) is 6.38. The second kappa shape index (κ2) is 10.9. The van der Waals surface area contributed by atoms with Crippen LogP contribution in [0.5, 0.6) is 5.75 Å². The lowest BCUT2D eigenvalue weighted by atomic mass is 9.97. The molecule has 4 N–H and O–H groups in total. The summed E-state index contributed by atoms with van der Waals surface area (Å²) in [7, 11) is 0. The lowest BCUT2D eigenvalue weighted by Gasteiger charge is -2.18. The van der Waals surface area contributed by atoms with Crippen molar-refractivity contribution in [1.82, 2.24) is 10.9 Å². The molecule has 1 aromatic rings. The smallest absolute Gasteiger partial charge is 0.293 e. The van der Waals surface area contributed by atoms with Crippen LogP contribution in [0.25, 0.3) is 0 Å². The Morgan fingerprint density at radius 2 is 1.60 bits per heavy atom. The Morgan fingerprint density at radius 3 is 2.28 bits per heavy atom. The number of ether oxygens (including phenoxy) is 1. The Morgan fingerprint density at radius 1 is 1.00 bits per heavy atom. The maximum absolute atomic E-state index is 11.8. The number of hydrogen-bond donors (Lipinski definition) is 3. The molecule has 1 aromatic carbocycles. The van der Waals surface area contributed by atoms with Gasteiger partial charge in [0.15, 0.2) is 13.2 Å². The van der Waals surface area contributed by atoms with Crippen LogP contribution in [-0.2, 0) is 9.59 Å². The zero-order valence-electron chi connectivity index (χ0n) is 14.4. The minimum atomic E-state index is -0.408. The number of benzene rings is 1. The average molecular weight is 369 g/mol. The van der Waals surface area contributed by atoms with Gasteiger partial charge < -0.3 is 10.1 Å². The molecule has 138 valence electrons. The van der Waals surface area contributed by atoms with Crippen molar-refractivity contribution >= 4 is 23.4 Å². The van der Waals surface area contributed by atoms with Crippen LogP contribution in [0.1, 0.15) is 44.9 Å². The van der Waals surface area contributed by atoms with Gasteiger partial charge in [-0.2, -0.15) is 0 Å². The van der Waals surface area contributed by atoms with Gasteiger partial charge in [-0.05, 0) is 49.9 Å². The molecule has 0 unspecified atom stereocenters. The Kier molecular flexibility index (Phi) is 8.55. The molecule has 0 bridgehead atoms. The molecular formula is C18H27ClN3O3+. The fourth-order valence-corrected chi connectivity index (χ4v) is 3.03. The molecule has 2 amide bonds. The van der Waals surface area contributed by atoms with Gasteiger partial charge in [-0.3, -0.25) is 20.4 Å². The van der Waals surface area contributed by atoms with E-state index < -0.39 is 5.91 Å². The minimum Gasteiger partial charge on any atom is -0.484 e. The Hall–Kier alpha value is -1.79. The average Bonchev–Trinajstić information content (AvgIpc) is 2.58. The number of halogens is 1. The summed E-state index contributed by atoms with van der Waals surface area (Å²) in [6, 6.07) is 7.23. The highest BCUT2D eigenvalue weighted by molar-refractivity contribution is 6.30. The van der Waals surface area contributed by atoms with E-state index in [2.05, 4.69) is 16.2 Å². The first kappa shape index (κ1) is 19.5. The summed E-state index contributed by atoms with van der Waals surface area (Å²) in [6.45, 7) is 0.150. The molecule has 0 aliphatic heterocycles. The standard InChI is InChI=1S/C18H26ClN3O3/c19-14-8-10-16(11-9-14)25-13-18(24)22-21-17(23)12-20-15-6-4-2-1-3-5-7-15/h8-11,15,20H,1-7,12-13H2,(H,21,23)(H,22,24)/p+1. The topological polar surface area (TPSA) is 84.0 Å². The highest BCUT2D eigenvalue weighted by atomic mass is 35.5. The van der Waals surface area contributed by atoms with Gasteiger partial charge in [0, 0.05) is 5.02 Å². The van der Waals surface area contributed by atoms with Crippen molar-refractivity contribution in [3.05, 3.63) is 29.3 Å². The first-order valence-corrected chi connectivity index (χ1v) is 9.30. The number of nitrogens with two attached hydrogens (primary N) is 1. The summed E-state index contributed by atoms with van der Waals surface area (Å²) >= 11 is 5.78. The number of amides is 2. The van der Waals surface area contributed by atoms with Crippen molar-refractivity contribution in [2.45, 2.75) is 51.0 Å². The third-order valence-corrected chi connectivity index (χ3v) is 4.56. The van der Waals surface area contributed by atoms with Crippen LogP contribution >= 0.6 is 11.6 Å². The fourth-order valence-electron chi connectivity index (χ4n) is 2.90. The molecule has 0 spiro atoms. The summed E-state index contributed by atoms with van der Waals surface area (Å²) < 4.78 is 5.31. The predicted molar refractivity (Wildman–Crippen MR) is 96.1 cm³/mol. The van der Waals surface area contributed by atoms with Crippen LogP contribution in [0.3, 0.4) is 0 Å². The maximum atomic E-state index is 11.8. The van der Waals surface area contributed by atoms with Crippen molar-refractivity contribution in [2.75, 3.05) is 13.2 Å². The van der Waals surface area contributed by atoms with E-state index in [0.29, 0.717) is 23.4 Å². The fraction of sp³-hybridized carbons (Fsp3) is 0.556. The van der Waals surface area contributed by atoms with Crippen LogP contribution in [0.4, 0.5) is 0 Å². The summed E-state index contributed by atoms with van der Waals surface area (Å²) in [5, 5.41) is 2.68. The van der Waals surface area contributed by atoms with Crippen molar-refractivity contribution < 1.29 is 19.6 Å². The normalized spacial score (nSPS) is 15.7. The van der Waals surface area contributed by atoms with E-state index in [4.69, 9.17) is 16.3 Å². The molecule has 1 aliphatic carbocycles. The predicted octanol–water partition coefficient (Wildman–Crippen LogP) is 1.54. The first-order chi connectivity index (χ1) is 12.1. The lowest BCUT2D eigenvalue weighted by molar-refractivity contribution is -0.680. The third kappa shape index (κ3) is 8.23. The van der Waals surface area contributed by atoms with Crippen molar-refractivity contribution in [3.8, 4) is 5.75 Å². The quantitative estimate of drug-likeness (QED) is 0.666. The molecule has 1 aliphatic rings. The maximum Gasteiger partial charge on any atom is 0.293 e. The highest BCUT2D eigenvalue weighted by Gasteiger charge is 2.16. The molecule has 0 atom stereocenters. The largest absolute Gasteiger partial charge is 0.484 e. The van der Waals surface area contributed by atoms with E-state index >= 15 is 0 Å². The van der Waals surface area contributed by atoms with Gasteiger partial charge >= 0.3 is 0 Å². The summed E-state index contributed by atoms with van der Waals surface area (Å²) in [4.78, 5) is 23.5. The van der Waals surface area contributed by atoms with E-state index in [1.807, 2.05) is 0 Å². The minimum absolute atomic E-state index is 0.172. The molecular weight excluding hydrogens is 342 g/mol. The van der Waals surface area contributed by atoms with Gasteiger partial charge in [0.1, 0.15) is 5.75 Å². The molecule has 0 aromatic heterocycles. The molecule has 25 heavy (non-hydrogen) atoms. The van der Waals surface area contributed by atoms with Crippen LogP contribution in [0, 0.1) is 0 Å². The van der Waals surface area contributed by atoms with Gasteiger partial charge in [0.25, 0.3) is 11.8 Å². The van der Waals surface area contributed by atoms with Gasteiger partial charge in [-0.25, -0.2) is 0 Å². The van der Waals surface area contributed by atoms with Gasteiger partial charge in [0.05, 0.1) is 6.04 Å². The molecule has 0 radical (unpaired) electrons. The molecule has 1 fully saturated rings. The SMILES string of the molecule is O=C(C[NH2+]C1CCCCCCC1)NNC(=O)COc1ccc(Cl)cc1. The number of carbonyl (C=O) groups excluding carboxylic acids is 2. The van der Waals surface area contributed by atoms with E-state index in [1.54, 1.807) is 24.3 Å². The molecule has 6 nitrogen and oxygen atoms in total. The van der Waals surface area contributed by atoms with Crippen molar-refractivity contribution in [3.63, 3.8) is 0 Å². The summed E-state index contributed by atoms with van der Waals surface area (Å²) in [5.41, 5.74) is 4.79. The molecule has 7 heteroatoms. The number of quaternary nitrogens is 1. The monoisotopic (exact) mass is 368 g/mol. The zero-order chi connectivity index (χ0) is 17.9. The van der Waals surface area contributed by atoms with Crippen LogP contribution in [0.2, 0.25) is 5.02 Å². The van der Waals surface area contributed by atoms with Crippen LogP contribution in [0.15, 0.2) is 24.3 Å². The van der Waals surface area contributed by atoms with Crippen LogP contribution in [-0.4, -0.2) is 31.0 Å². The van der Waals surface area contributed by atoms with E-state index in [1.165, 1.54) is 32.1 Å². The number of hydrogen-bond acceptors (Lipinski definition) is 3. The summed E-state index contributed by atoms with van der Waals surface area (Å²) in [6.07, 6.45) is 8.71. The first-order valence-electron chi connectivity index (χ1n) is 8.93. The number of hydrazine groups is 1. The Bertz CT molecular complexity index is 543. The van der Waals surface area contributed by atoms with Crippen molar-refractivity contribution in [1.29, 1.82) is 0 Å². The van der Waals surface area contributed by atoms with Gasteiger partial charge in [-0.1, -0.05) is 30.9 Å². The lowest BCUT2D eigenvalue weighted by Crippen LogP contribution is -2.92. The number of rotatable bonds is 6. The van der Waals surface area contributed by atoms with E-state index in [0.717, 1.165) is 12.8 Å². The van der Waals surface area contributed by atoms with E-state index in [-0.39, 0.29) is 12.5 Å². The second-order valence-corrected chi connectivity index (χ2v) is 6.82. The Balaban J connectivity index is 1.58. The van der Waals surface area contributed by atoms with Gasteiger partial charge in [0.2, 0.25) is 0 Å². The van der Waals surface area contributed by atoms with E-state index in [9.17, 15) is 9.59 Å². The Labute approximate surface area is 153 Å². The number of nitrogens with one attached hydrogen (secondary N) is 2. The van der Waals surface area contributed by atoms with Crippen molar-refractivity contribution in [2.24, 2.45) is 0 Å².